The average molecular weight is 452 g/mol. The number of rotatable bonds is 3. The number of benzene rings is 2. The summed E-state index contributed by atoms with van der Waals surface area (Å²) in [6, 6.07) is 13.1. The number of carbonyl (C=O) groups is 3. The Hall–Kier alpha value is -2.80. The number of amides is 3. The number of hydrogen-bond acceptors (Lipinski definition) is 4. The third-order valence-corrected chi connectivity index (χ3v) is 6.65. The SMILES string of the molecule is CSc1ccc(-c2ccc3c(c2)C(=O)N2CCN(C(=O)CC(C)(C)C)C[C@@H]2C(=O)N3)cc1. The van der Waals surface area contributed by atoms with E-state index in [9.17, 15) is 14.4 Å². The van der Waals surface area contributed by atoms with Gasteiger partial charge in [0.2, 0.25) is 11.8 Å². The Balaban J connectivity index is 1.59. The Morgan fingerprint density at radius 2 is 1.75 bits per heavy atom. The van der Waals surface area contributed by atoms with Crippen molar-refractivity contribution in [3.63, 3.8) is 0 Å². The Morgan fingerprint density at radius 3 is 2.41 bits per heavy atom. The molecule has 7 heteroatoms. The molecule has 2 aliphatic heterocycles. The first-order chi connectivity index (χ1) is 15.2. The molecule has 32 heavy (non-hydrogen) atoms. The molecular weight excluding hydrogens is 422 g/mol. The molecule has 2 aromatic rings. The topological polar surface area (TPSA) is 69.7 Å². The summed E-state index contributed by atoms with van der Waals surface area (Å²) in [6.45, 7) is 7.07. The van der Waals surface area contributed by atoms with Crippen LogP contribution in [0.25, 0.3) is 11.1 Å². The van der Waals surface area contributed by atoms with E-state index in [1.807, 2.05) is 51.3 Å². The standard InChI is InChI=1S/C25H29N3O3S/c1-25(2,3)14-22(29)27-11-12-28-21(15-27)23(30)26-20-10-7-17(13-19(20)24(28)31)16-5-8-18(32-4)9-6-16/h5-10,13,21H,11-12,14-15H2,1-4H3,(H,26,30)/t21-/m1/s1. The molecule has 2 heterocycles. The van der Waals surface area contributed by atoms with Gasteiger partial charge in [-0.3, -0.25) is 14.4 Å². The molecule has 168 valence electrons. The van der Waals surface area contributed by atoms with E-state index in [-0.39, 0.29) is 29.7 Å². The van der Waals surface area contributed by atoms with Crippen LogP contribution in [0.3, 0.4) is 0 Å². The van der Waals surface area contributed by atoms with Crippen LogP contribution in [0.1, 0.15) is 37.6 Å². The maximum atomic E-state index is 13.4. The van der Waals surface area contributed by atoms with Crippen LogP contribution in [-0.4, -0.2) is 59.5 Å². The molecule has 2 aromatic carbocycles. The lowest BCUT2D eigenvalue weighted by Gasteiger charge is -2.40. The molecule has 2 aliphatic rings. The second-order valence-electron chi connectivity index (χ2n) is 9.57. The first-order valence-corrected chi connectivity index (χ1v) is 12.1. The van der Waals surface area contributed by atoms with Gasteiger partial charge >= 0.3 is 0 Å². The fourth-order valence-corrected chi connectivity index (χ4v) is 4.61. The van der Waals surface area contributed by atoms with Gasteiger partial charge in [-0.15, -0.1) is 11.8 Å². The predicted octanol–water partition coefficient (Wildman–Crippen LogP) is 4.12. The molecule has 0 aliphatic carbocycles. The van der Waals surface area contributed by atoms with Crippen molar-refractivity contribution in [2.45, 2.75) is 38.1 Å². The summed E-state index contributed by atoms with van der Waals surface area (Å²) in [6.07, 6.45) is 2.44. The van der Waals surface area contributed by atoms with Gasteiger partial charge in [0.15, 0.2) is 0 Å². The number of thioether (sulfide) groups is 1. The smallest absolute Gasteiger partial charge is 0.256 e. The fourth-order valence-electron chi connectivity index (χ4n) is 4.21. The third-order valence-electron chi connectivity index (χ3n) is 5.91. The Kier molecular flexibility index (Phi) is 6.03. The van der Waals surface area contributed by atoms with Gasteiger partial charge in [-0.2, -0.15) is 0 Å². The van der Waals surface area contributed by atoms with E-state index in [1.54, 1.807) is 27.6 Å². The van der Waals surface area contributed by atoms with Crippen molar-refractivity contribution in [2.24, 2.45) is 5.41 Å². The molecule has 0 unspecified atom stereocenters. The summed E-state index contributed by atoms with van der Waals surface area (Å²) in [5.41, 5.74) is 2.82. The molecule has 1 saturated heterocycles. The van der Waals surface area contributed by atoms with Gasteiger partial charge in [0.25, 0.3) is 5.91 Å². The van der Waals surface area contributed by atoms with Crippen molar-refractivity contribution in [3.05, 3.63) is 48.0 Å². The lowest BCUT2D eigenvalue weighted by atomic mass is 9.91. The summed E-state index contributed by atoms with van der Waals surface area (Å²) >= 11 is 1.68. The van der Waals surface area contributed by atoms with Crippen molar-refractivity contribution in [1.82, 2.24) is 9.80 Å². The van der Waals surface area contributed by atoms with Crippen LogP contribution in [0.15, 0.2) is 47.4 Å². The van der Waals surface area contributed by atoms with Crippen LogP contribution in [0.5, 0.6) is 0 Å². The van der Waals surface area contributed by atoms with Gasteiger partial charge < -0.3 is 15.1 Å². The molecule has 1 atom stereocenters. The second kappa shape index (κ2) is 8.62. The summed E-state index contributed by atoms with van der Waals surface area (Å²) in [5.74, 6) is -0.397. The molecule has 0 radical (unpaired) electrons. The Labute approximate surface area is 193 Å². The van der Waals surface area contributed by atoms with E-state index in [2.05, 4.69) is 17.4 Å². The molecule has 3 amide bonds. The highest BCUT2D eigenvalue weighted by atomic mass is 32.2. The monoisotopic (exact) mass is 451 g/mol. The minimum Gasteiger partial charge on any atom is -0.338 e. The highest BCUT2D eigenvalue weighted by Gasteiger charge is 2.40. The van der Waals surface area contributed by atoms with Crippen molar-refractivity contribution in [3.8, 4) is 11.1 Å². The maximum absolute atomic E-state index is 13.4. The number of anilines is 1. The van der Waals surface area contributed by atoms with Gasteiger partial charge in [-0.05, 0) is 47.1 Å². The normalized spacial score (nSPS) is 18.6. The zero-order valence-electron chi connectivity index (χ0n) is 19.0. The number of hydrogen-bond donors (Lipinski definition) is 1. The fraction of sp³-hybridized carbons (Fsp3) is 0.400. The van der Waals surface area contributed by atoms with E-state index in [1.165, 1.54) is 4.90 Å². The number of carbonyl (C=O) groups excluding carboxylic acids is 3. The van der Waals surface area contributed by atoms with Crippen molar-refractivity contribution in [1.29, 1.82) is 0 Å². The van der Waals surface area contributed by atoms with E-state index in [0.717, 1.165) is 11.1 Å². The number of piperazine rings is 1. The lowest BCUT2D eigenvalue weighted by Crippen LogP contribution is -2.59. The third kappa shape index (κ3) is 4.53. The number of fused-ring (bicyclic) bond motifs is 2. The minimum atomic E-state index is -0.683. The molecule has 0 spiro atoms. The van der Waals surface area contributed by atoms with E-state index < -0.39 is 6.04 Å². The largest absolute Gasteiger partial charge is 0.338 e. The van der Waals surface area contributed by atoms with Gasteiger partial charge in [0.1, 0.15) is 6.04 Å². The highest BCUT2D eigenvalue weighted by molar-refractivity contribution is 7.98. The summed E-state index contributed by atoms with van der Waals surface area (Å²) in [4.78, 5) is 43.6. The molecule has 0 aromatic heterocycles. The van der Waals surface area contributed by atoms with Crippen LogP contribution >= 0.6 is 11.8 Å². The molecule has 0 bridgehead atoms. The van der Waals surface area contributed by atoms with Gasteiger partial charge in [-0.1, -0.05) is 39.0 Å². The summed E-state index contributed by atoms with van der Waals surface area (Å²) in [5, 5.41) is 2.91. The molecule has 6 nitrogen and oxygen atoms in total. The predicted molar refractivity (Wildman–Crippen MR) is 128 cm³/mol. The van der Waals surface area contributed by atoms with Crippen LogP contribution in [0, 0.1) is 5.41 Å². The van der Waals surface area contributed by atoms with Gasteiger partial charge in [-0.25, -0.2) is 0 Å². The van der Waals surface area contributed by atoms with Crippen LogP contribution in [-0.2, 0) is 9.59 Å². The number of nitrogens with one attached hydrogen (secondary N) is 1. The van der Waals surface area contributed by atoms with E-state index >= 15 is 0 Å². The Bertz CT molecular complexity index is 1060. The van der Waals surface area contributed by atoms with Crippen LogP contribution in [0.2, 0.25) is 0 Å². The van der Waals surface area contributed by atoms with Gasteiger partial charge in [0, 0.05) is 24.4 Å². The van der Waals surface area contributed by atoms with Gasteiger partial charge in [0.05, 0.1) is 17.8 Å². The summed E-state index contributed by atoms with van der Waals surface area (Å²) in [7, 11) is 0. The highest BCUT2D eigenvalue weighted by Crippen LogP contribution is 2.31. The molecule has 1 N–H and O–H groups in total. The zero-order valence-corrected chi connectivity index (χ0v) is 19.8. The minimum absolute atomic E-state index is 0.0233. The van der Waals surface area contributed by atoms with Crippen LogP contribution < -0.4 is 5.32 Å². The zero-order chi connectivity index (χ0) is 23.0. The quantitative estimate of drug-likeness (QED) is 0.713. The molecule has 1 fully saturated rings. The van der Waals surface area contributed by atoms with Crippen LogP contribution in [0.4, 0.5) is 5.69 Å². The van der Waals surface area contributed by atoms with Crippen molar-refractivity contribution < 1.29 is 14.4 Å². The van der Waals surface area contributed by atoms with E-state index in [0.29, 0.717) is 30.8 Å². The second-order valence-corrected chi connectivity index (χ2v) is 10.4. The first kappa shape index (κ1) is 22.4. The van der Waals surface area contributed by atoms with E-state index in [4.69, 9.17) is 0 Å². The maximum Gasteiger partial charge on any atom is 0.256 e. The number of nitrogens with zero attached hydrogens (tertiary/aromatic N) is 2. The lowest BCUT2D eigenvalue weighted by molar-refractivity contribution is -0.137. The van der Waals surface area contributed by atoms with Crippen molar-refractivity contribution >= 4 is 35.2 Å². The molecule has 4 rings (SSSR count). The molecule has 0 saturated carbocycles. The average Bonchev–Trinajstić information content (AvgIpc) is 2.87. The molecular formula is C25H29N3O3S. The first-order valence-electron chi connectivity index (χ1n) is 10.8. The Morgan fingerprint density at radius 1 is 1.06 bits per heavy atom. The summed E-state index contributed by atoms with van der Waals surface area (Å²) < 4.78 is 0. The van der Waals surface area contributed by atoms with Crippen molar-refractivity contribution in [2.75, 3.05) is 31.2 Å².